The first-order valence-corrected chi connectivity index (χ1v) is 9.79. The number of nitrogens with one attached hydrogen (secondary N) is 1. The lowest BCUT2D eigenvalue weighted by Gasteiger charge is -2.39. The van der Waals surface area contributed by atoms with Gasteiger partial charge in [0.05, 0.1) is 13.7 Å². The zero-order chi connectivity index (χ0) is 17.5. The van der Waals surface area contributed by atoms with Crippen LogP contribution in [0.3, 0.4) is 0 Å². The van der Waals surface area contributed by atoms with Gasteiger partial charge >= 0.3 is 0 Å². The van der Waals surface area contributed by atoms with Crippen molar-refractivity contribution >= 4 is 0 Å². The lowest BCUT2D eigenvalue weighted by Crippen LogP contribution is -2.48. The second kappa shape index (κ2) is 9.41. The second-order valence-corrected chi connectivity index (χ2v) is 7.01. The van der Waals surface area contributed by atoms with E-state index in [9.17, 15) is 0 Å². The highest BCUT2D eigenvalue weighted by Gasteiger charge is 2.26. The Morgan fingerprint density at radius 2 is 1.80 bits per heavy atom. The molecule has 2 aliphatic heterocycles. The molecule has 1 atom stereocenters. The fourth-order valence-electron chi connectivity index (χ4n) is 3.98. The molecule has 2 heterocycles. The number of ether oxygens (including phenoxy) is 2. The number of hydrogen-bond acceptors (Lipinski definition) is 5. The van der Waals surface area contributed by atoms with Gasteiger partial charge in [-0.1, -0.05) is 12.5 Å². The van der Waals surface area contributed by atoms with E-state index in [-0.39, 0.29) is 0 Å². The molecule has 0 bridgehead atoms. The van der Waals surface area contributed by atoms with Crippen LogP contribution in [-0.2, 0) is 0 Å². The van der Waals surface area contributed by atoms with Gasteiger partial charge in [-0.25, -0.2) is 0 Å². The van der Waals surface area contributed by atoms with Crippen molar-refractivity contribution in [2.45, 2.75) is 32.2 Å². The smallest absolute Gasteiger partial charge is 0.161 e. The number of nitrogens with zero attached hydrogens (tertiary/aromatic N) is 2. The molecule has 0 aliphatic carbocycles. The number of likely N-dealkylation sites (tertiary alicyclic amines) is 1. The summed E-state index contributed by atoms with van der Waals surface area (Å²) >= 11 is 0. The largest absolute Gasteiger partial charge is 0.493 e. The average Bonchev–Trinajstić information content (AvgIpc) is 2.68. The molecular formula is C20H33N3O2. The predicted molar refractivity (Wildman–Crippen MR) is 102 cm³/mol. The van der Waals surface area contributed by atoms with Crippen LogP contribution in [0.25, 0.3) is 0 Å². The predicted octanol–water partition coefficient (Wildman–Crippen LogP) is 2.53. The Morgan fingerprint density at radius 3 is 2.48 bits per heavy atom. The Balaban J connectivity index is 1.81. The molecule has 0 amide bonds. The van der Waals surface area contributed by atoms with Crippen LogP contribution in [0.5, 0.6) is 11.5 Å². The van der Waals surface area contributed by atoms with Crippen molar-refractivity contribution in [3.05, 3.63) is 23.8 Å². The molecule has 0 aromatic heterocycles. The van der Waals surface area contributed by atoms with E-state index in [1.54, 1.807) is 7.11 Å². The number of rotatable bonds is 7. The third-order valence-corrected chi connectivity index (χ3v) is 5.34. The lowest BCUT2D eigenvalue weighted by atomic mass is 10.0. The second-order valence-electron chi connectivity index (χ2n) is 7.01. The molecule has 2 fully saturated rings. The first-order chi connectivity index (χ1) is 12.3. The summed E-state index contributed by atoms with van der Waals surface area (Å²) in [6.45, 7) is 10.6. The van der Waals surface area contributed by atoms with Gasteiger partial charge in [0.15, 0.2) is 11.5 Å². The Hall–Kier alpha value is -1.30. The Bertz CT molecular complexity index is 526. The van der Waals surface area contributed by atoms with Crippen LogP contribution in [0.4, 0.5) is 0 Å². The molecule has 1 unspecified atom stereocenters. The van der Waals surface area contributed by atoms with E-state index in [0.717, 1.165) is 44.2 Å². The summed E-state index contributed by atoms with van der Waals surface area (Å²) in [6, 6.07) is 6.90. The van der Waals surface area contributed by atoms with Crippen LogP contribution in [-0.4, -0.2) is 69.3 Å². The number of benzene rings is 1. The number of hydrogen-bond donors (Lipinski definition) is 1. The fourth-order valence-corrected chi connectivity index (χ4v) is 3.98. The minimum absolute atomic E-state index is 0.421. The molecule has 3 rings (SSSR count). The van der Waals surface area contributed by atoms with Crippen LogP contribution in [0.1, 0.15) is 37.8 Å². The van der Waals surface area contributed by atoms with Crippen LogP contribution in [0, 0.1) is 0 Å². The zero-order valence-corrected chi connectivity index (χ0v) is 15.8. The summed E-state index contributed by atoms with van der Waals surface area (Å²) in [5.74, 6) is 1.68. The van der Waals surface area contributed by atoms with Crippen LogP contribution >= 0.6 is 0 Å². The molecule has 2 saturated heterocycles. The fraction of sp³-hybridized carbons (Fsp3) is 0.700. The highest BCUT2D eigenvalue weighted by Crippen LogP contribution is 2.33. The van der Waals surface area contributed by atoms with Crippen LogP contribution in [0.2, 0.25) is 0 Å². The molecule has 2 aliphatic rings. The lowest BCUT2D eigenvalue weighted by molar-refractivity contribution is 0.113. The van der Waals surface area contributed by atoms with Crippen LogP contribution < -0.4 is 14.8 Å². The molecule has 0 radical (unpaired) electrons. The van der Waals surface area contributed by atoms with Gasteiger partial charge in [0.2, 0.25) is 0 Å². The van der Waals surface area contributed by atoms with Gasteiger partial charge in [0, 0.05) is 38.8 Å². The molecule has 1 aromatic carbocycles. The van der Waals surface area contributed by atoms with Gasteiger partial charge in [0.1, 0.15) is 0 Å². The highest BCUT2D eigenvalue weighted by atomic mass is 16.5. The molecule has 0 spiro atoms. The van der Waals surface area contributed by atoms with Crippen LogP contribution in [0.15, 0.2) is 18.2 Å². The topological polar surface area (TPSA) is 37.0 Å². The van der Waals surface area contributed by atoms with E-state index in [0.29, 0.717) is 12.6 Å². The zero-order valence-electron chi connectivity index (χ0n) is 15.8. The van der Waals surface area contributed by atoms with Crippen molar-refractivity contribution < 1.29 is 9.47 Å². The monoisotopic (exact) mass is 347 g/mol. The van der Waals surface area contributed by atoms with E-state index in [2.05, 4.69) is 33.3 Å². The van der Waals surface area contributed by atoms with Crippen molar-refractivity contribution in [2.24, 2.45) is 0 Å². The first-order valence-electron chi connectivity index (χ1n) is 9.79. The van der Waals surface area contributed by atoms with Crippen molar-refractivity contribution in [3.63, 3.8) is 0 Å². The molecule has 25 heavy (non-hydrogen) atoms. The third kappa shape index (κ3) is 4.87. The maximum Gasteiger partial charge on any atom is 0.161 e. The summed E-state index contributed by atoms with van der Waals surface area (Å²) in [7, 11) is 1.73. The number of piperidine rings is 1. The van der Waals surface area contributed by atoms with E-state index in [4.69, 9.17) is 9.47 Å². The molecule has 5 nitrogen and oxygen atoms in total. The van der Waals surface area contributed by atoms with Gasteiger partial charge in [-0.2, -0.15) is 0 Å². The quantitative estimate of drug-likeness (QED) is 0.820. The standard InChI is InChI=1S/C20H33N3O2/c1-3-25-19-8-7-17(15-20(19)24-2)18(23-13-9-21-10-14-23)16-22-11-5-4-6-12-22/h7-8,15,18,21H,3-6,9-14,16H2,1-2H3. The van der Waals surface area contributed by atoms with Gasteiger partial charge in [0.25, 0.3) is 0 Å². The van der Waals surface area contributed by atoms with Gasteiger partial charge in [-0.3, -0.25) is 4.90 Å². The highest BCUT2D eigenvalue weighted by molar-refractivity contribution is 5.44. The molecule has 1 N–H and O–H groups in total. The molecule has 5 heteroatoms. The SMILES string of the molecule is CCOc1ccc(C(CN2CCCCC2)N2CCNCC2)cc1OC. The van der Waals surface area contributed by atoms with Crippen molar-refractivity contribution in [1.29, 1.82) is 0 Å². The summed E-state index contributed by atoms with van der Waals surface area (Å²) in [5, 5.41) is 3.47. The average molecular weight is 348 g/mol. The summed E-state index contributed by atoms with van der Waals surface area (Å²) in [6.07, 6.45) is 4.05. The van der Waals surface area contributed by atoms with E-state index < -0.39 is 0 Å². The maximum absolute atomic E-state index is 5.70. The molecular weight excluding hydrogens is 314 g/mol. The number of methoxy groups -OCH3 is 1. The van der Waals surface area contributed by atoms with Crippen molar-refractivity contribution in [1.82, 2.24) is 15.1 Å². The Morgan fingerprint density at radius 1 is 1.04 bits per heavy atom. The Labute approximate surface area is 152 Å². The van der Waals surface area contributed by atoms with Gasteiger partial charge in [-0.15, -0.1) is 0 Å². The summed E-state index contributed by atoms with van der Waals surface area (Å²) < 4.78 is 11.3. The molecule has 140 valence electrons. The maximum atomic E-state index is 5.70. The minimum Gasteiger partial charge on any atom is -0.493 e. The van der Waals surface area contributed by atoms with Gasteiger partial charge in [-0.05, 0) is 50.6 Å². The molecule has 0 saturated carbocycles. The number of piperazine rings is 1. The van der Waals surface area contributed by atoms with Crippen molar-refractivity contribution in [3.8, 4) is 11.5 Å². The summed E-state index contributed by atoms with van der Waals surface area (Å²) in [5.41, 5.74) is 1.34. The van der Waals surface area contributed by atoms with E-state index in [1.165, 1.54) is 37.9 Å². The summed E-state index contributed by atoms with van der Waals surface area (Å²) in [4.78, 5) is 5.26. The first kappa shape index (κ1) is 18.5. The molecule has 1 aromatic rings. The Kier molecular flexibility index (Phi) is 6.96. The van der Waals surface area contributed by atoms with E-state index in [1.807, 2.05) is 6.92 Å². The third-order valence-electron chi connectivity index (χ3n) is 5.34. The minimum atomic E-state index is 0.421. The van der Waals surface area contributed by atoms with E-state index >= 15 is 0 Å². The van der Waals surface area contributed by atoms with Gasteiger partial charge < -0.3 is 19.7 Å². The normalized spacial score (nSPS) is 21.0. The van der Waals surface area contributed by atoms with Crippen molar-refractivity contribution in [2.75, 3.05) is 59.5 Å².